The molecule has 0 radical (unpaired) electrons. The number of hydrogen-bond donors (Lipinski definition) is 2. The third kappa shape index (κ3) is 5.93. The highest BCUT2D eigenvalue weighted by molar-refractivity contribution is 6.05. The van der Waals surface area contributed by atoms with Gasteiger partial charge in [0, 0.05) is 68.8 Å². The zero-order valence-electron chi connectivity index (χ0n) is 21.6. The number of amides is 2. The van der Waals surface area contributed by atoms with E-state index in [-0.39, 0.29) is 17.4 Å². The van der Waals surface area contributed by atoms with Gasteiger partial charge in [-0.3, -0.25) is 14.5 Å². The lowest BCUT2D eigenvalue weighted by atomic mass is 9.95. The number of carboxylic acid groups (broad SMARTS) is 1. The monoisotopic (exact) mass is 496 g/mol. The maximum Gasteiger partial charge on any atom is 0.336 e. The van der Waals surface area contributed by atoms with Crippen LogP contribution in [-0.2, 0) is 9.59 Å². The number of piperazine rings is 2. The summed E-state index contributed by atoms with van der Waals surface area (Å²) in [6.45, 7) is 12.0. The van der Waals surface area contributed by atoms with Crippen LogP contribution in [0.25, 0.3) is 10.9 Å². The van der Waals surface area contributed by atoms with E-state index in [4.69, 9.17) is 4.98 Å². The average Bonchev–Trinajstić information content (AvgIpc) is 2.83. The second kappa shape index (κ2) is 10.4. The Morgan fingerprint density at radius 2 is 1.64 bits per heavy atom. The summed E-state index contributed by atoms with van der Waals surface area (Å²) in [5.74, 6) is -0.411. The molecule has 0 spiro atoms. The van der Waals surface area contributed by atoms with Gasteiger partial charge >= 0.3 is 5.97 Å². The van der Waals surface area contributed by atoms with Crippen LogP contribution in [0.3, 0.4) is 0 Å². The minimum atomic E-state index is -1.04. The lowest BCUT2D eigenvalue weighted by Gasteiger charge is -2.37. The Morgan fingerprint density at radius 3 is 2.25 bits per heavy atom. The van der Waals surface area contributed by atoms with Crippen molar-refractivity contribution in [2.75, 3.05) is 76.2 Å². The molecule has 0 unspecified atom stereocenters. The summed E-state index contributed by atoms with van der Waals surface area (Å²) in [6.07, 6.45) is 0. The molecule has 0 atom stereocenters. The fraction of sp³-hybridized carbons (Fsp3) is 0.538. The minimum Gasteiger partial charge on any atom is -0.478 e. The number of hydrogen-bond acceptors (Lipinski definition) is 7. The standard InChI is InChI=1S/C26H36N6O4/c1-26(2,3)25(36)27-18-5-6-21-19(15-18)20(24(34)35)16-22(28-21)31-13-9-30(10-14-31)17-23(33)32-11-7-29(4)8-12-32/h5-6,15-16H,7-14,17H2,1-4H3,(H,27,36)(H,34,35). The topological polar surface area (TPSA) is 109 Å². The van der Waals surface area contributed by atoms with Crippen molar-refractivity contribution >= 4 is 40.2 Å². The predicted molar refractivity (Wildman–Crippen MR) is 140 cm³/mol. The number of aromatic carboxylic acids is 1. The van der Waals surface area contributed by atoms with E-state index in [1.165, 1.54) is 0 Å². The molecular formula is C26H36N6O4. The van der Waals surface area contributed by atoms with Crippen LogP contribution < -0.4 is 10.2 Å². The molecule has 2 aromatic rings. The summed E-state index contributed by atoms with van der Waals surface area (Å²) in [7, 11) is 2.07. The van der Waals surface area contributed by atoms with Gasteiger partial charge < -0.3 is 25.1 Å². The highest BCUT2D eigenvalue weighted by atomic mass is 16.4. The van der Waals surface area contributed by atoms with Crippen molar-refractivity contribution in [3.05, 3.63) is 29.8 Å². The number of pyridine rings is 1. The van der Waals surface area contributed by atoms with Gasteiger partial charge in [-0.1, -0.05) is 20.8 Å². The van der Waals surface area contributed by atoms with Gasteiger partial charge in [0.1, 0.15) is 5.82 Å². The van der Waals surface area contributed by atoms with Crippen LogP contribution in [-0.4, -0.2) is 109 Å². The van der Waals surface area contributed by atoms with Crippen LogP contribution in [0, 0.1) is 5.41 Å². The van der Waals surface area contributed by atoms with Crippen molar-refractivity contribution < 1.29 is 19.5 Å². The van der Waals surface area contributed by atoms with E-state index in [1.54, 1.807) is 24.3 Å². The van der Waals surface area contributed by atoms with Crippen molar-refractivity contribution in [1.29, 1.82) is 0 Å². The largest absolute Gasteiger partial charge is 0.478 e. The number of likely N-dealkylation sites (N-methyl/N-ethyl adjacent to an activating group) is 1. The van der Waals surface area contributed by atoms with E-state index in [9.17, 15) is 19.5 Å². The van der Waals surface area contributed by atoms with Crippen molar-refractivity contribution in [1.82, 2.24) is 19.7 Å². The SMILES string of the molecule is CN1CCN(C(=O)CN2CCN(c3cc(C(=O)O)c4cc(NC(=O)C(C)(C)C)ccc4n3)CC2)CC1. The van der Waals surface area contributed by atoms with Crippen molar-refractivity contribution in [2.45, 2.75) is 20.8 Å². The molecule has 10 heteroatoms. The number of carbonyl (C=O) groups excluding carboxylic acids is 2. The van der Waals surface area contributed by atoms with Gasteiger partial charge in [0.15, 0.2) is 0 Å². The molecule has 1 aromatic carbocycles. The Morgan fingerprint density at radius 1 is 0.972 bits per heavy atom. The molecule has 2 amide bonds. The van der Waals surface area contributed by atoms with E-state index in [1.807, 2.05) is 25.7 Å². The van der Waals surface area contributed by atoms with E-state index in [0.29, 0.717) is 55.1 Å². The lowest BCUT2D eigenvalue weighted by Crippen LogP contribution is -2.53. The molecule has 0 saturated carbocycles. The Kier molecular flexibility index (Phi) is 7.46. The number of fused-ring (bicyclic) bond motifs is 1. The summed E-state index contributed by atoms with van der Waals surface area (Å²) in [6, 6.07) is 6.76. The molecule has 2 fully saturated rings. The first-order valence-electron chi connectivity index (χ1n) is 12.4. The van der Waals surface area contributed by atoms with Crippen LogP contribution >= 0.6 is 0 Å². The maximum atomic E-state index is 12.7. The van der Waals surface area contributed by atoms with E-state index < -0.39 is 11.4 Å². The third-order valence-corrected chi connectivity index (χ3v) is 6.88. The molecule has 0 bridgehead atoms. The summed E-state index contributed by atoms with van der Waals surface area (Å²) in [5.41, 5.74) is 0.684. The first-order valence-corrected chi connectivity index (χ1v) is 12.4. The van der Waals surface area contributed by atoms with Crippen LogP contribution in [0.2, 0.25) is 0 Å². The van der Waals surface area contributed by atoms with Crippen molar-refractivity contribution in [2.24, 2.45) is 5.41 Å². The molecule has 4 rings (SSSR count). The predicted octanol–water partition coefficient (Wildman–Crippen LogP) is 1.81. The molecular weight excluding hydrogens is 460 g/mol. The van der Waals surface area contributed by atoms with Crippen LogP contribution in [0.5, 0.6) is 0 Å². The zero-order valence-corrected chi connectivity index (χ0v) is 21.6. The normalized spacial score (nSPS) is 17.9. The fourth-order valence-corrected chi connectivity index (χ4v) is 4.43. The lowest BCUT2D eigenvalue weighted by molar-refractivity contribution is -0.134. The molecule has 194 valence electrons. The number of nitrogens with zero attached hydrogens (tertiary/aromatic N) is 5. The summed E-state index contributed by atoms with van der Waals surface area (Å²) in [4.78, 5) is 50.3. The molecule has 10 nitrogen and oxygen atoms in total. The number of nitrogens with one attached hydrogen (secondary N) is 1. The molecule has 0 aliphatic carbocycles. The first-order chi connectivity index (χ1) is 17.0. The molecule has 1 aromatic heterocycles. The molecule has 2 N–H and O–H groups in total. The highest BCUT2D eigenvalue weighted by Gasteiger charge is 2.26. The van der Waals surface area contributed by atoms with E-state index in [2.05, 4.69) is 27.1 Å². The Labute approximate surface area is 211 Å². The number of carboxylic acids is 1. The zero-order chi connectivity index (χ0) is 26.0. The third-order valence-electron chi connectivity index (χ3n) is 6.88. The number of anilines is 2. The van der Waals surface area contributed by atoms with Crippen LogP contribution in [0.4, 0.5) is 11.5 Å². The van der Waals surface area contributed by atoms with Gasteiger partial charge in [-0.15, -0.1) is 0 Å². The number of rotatable bonds is 5. The van der Waals surface area contributed by atoms with Gasteiger partial charge in [-0.2, -0.15) is 0 Å². The van der Waals surface area contributed by atoms with Gasteiger partial charge in [0.25, 0.3) is 0 Å². The Balaban J connectivity index is 1.44. The van der Waals surface area contributed by atoms with Gasteiger partial charge in [-0.05, 0) is 31.3 Å². The molecule has 2 aliphatic rings. The molecule has 2 aliphatic heterocycles. The van der Waals surface area contributed by atoms with Crippen molar-refractivity contribution in [3.63, 3.8) is 0 Å². The number of benzene rings is 1. The van der Waals surface area contributed by atoms with Gasteiger partial charge in [0.05, 0.1) is 17.6 Å². The quantitative estimate of drug-likeness (QED) is 0.645. The average molecular weight is 497 g/mol. The Hall–Kier alpha value is -3.24. The number of aromatic nitrogens is 1. The fourth-order valence-electron chi connectivity index (χ4n) is 4.43. The first kappa shape index (κ1) is 25.8. The smallest absolute Gasteiger partial charge is 0.336 e. The van der Waals surface area contributed by atoms with Crippen LogP contribution in [0.15, 0.2) is 24.3 Å². The molecule has 3 heterocycles. The number of carbonyl (C=O) groups is 3. The summed E-state index contributed by atoms with van der Waals surface area (Å²) in [5, 5.41) is 13.2. The second-order valence-corrected chi connectivity index (χ2v) is 10.7. The van der Waals surface area contributed by atoms with Gasteiger partial charge in [0.2, 0.25) is 11.8 Å². The maximum absolute atomic E-state index is 12.7. The molecule has 36 heavy (non-hydrogen) atoms. The van der Waals surface area contributed by atoms with Crippen LogP contribution in [0.1, 0.15) is 31.1 Å². The highest BCUT2D eigenvalue weighted by Crippen LogP contribution is 2.27. The van der Waals surface area contributed by atoms with E-state index >= 15 is 0 Å². The Bertz CT molecular complexity index is 1150. The van der Waals surface area contributed by atoms with E-state index in [0.717, 1.165) is 26.2 Å². The summed E-state index contributed by atoms with van der Waals surface area (Å²) >= 11 is 0. The minimum absolute atomic E-state index is 0.146. The van der Waals surface area contributed by atoms with Gasteiger partial charge in [-0.25, -0.2) is 9.78 Å². The second-order valence-electron chi connectivity index (χ2n) is 10.7. The summed E-state index contributed by atoms with van der Waals surface area (Å²) < 4.78 is 0. The van der Waals surface area contributed by atoms with Crippen molar-refractivity contribution in [3.8, 4) is 0 Å². The molecule has 2 saturated heterocycles.